The van der Waals surface area contributed by atoms with Crippen LogP contribution in [0.2, 0.25) is 0 Å². The van der Waals surface area contributed by atoms with Crippen molar-refractivity contribution in [2.75, 3.05) is 6.54 Å². The monoisotopic (exact) mass is 364 g/mol. The van der Waals surface area contributed by atoms with E-state index >= 15 is 0 Å². The number of aromatic hydroxyl groups is 1. The molecule has 0 aromatic heterocycles. The van der Waals surface area contributed by atoms with Crippen molar-refractivity contribution in [2.45, 2.75) is 36.8 Å². The van der Waals surface area contributed by atoms with Crippen LogP contribution in [-0.4, -0.2) is 30.7 Å². The molecule has 25 heavy (non-hydrogen) atoms. The summed E-state index contributed by atoms with van der Waals surface area (Å²) in [6, 6.07) is 13.9. The van der Waals surface area contributed by atoms with Gasteiger partial charge in [0.25, 0.3) is 0 Å². The van der Waals surface area contributed by atoms with Crippen LogP contribution < -0.4 is 10.5 Å². The Labute approximate surface area is 148 Å². The van der Waals surface area contributed by atoms with E-state index < -0.39 is 26.8 Å². The first-order valence-corrected chi connectivity index (χ1v) is 9.46. The highest BCUT2D eigenvalue weighted by atomic mass is 32.2. The SMILES string of the molecule is CC(C)(Cc1ccccc1)NCC(O)c1ccc(O)c(S(N)(=O)=O)c1. The van der Waals surface area contributed by atoms with Crippen LogP contribution in [0.1, 0.15) is 31.1 Å². The maximum absolute atomic E-state index is 11.5. The van der Waals surface area contributed by atoms with Crippen molar-refractivity contribution >= 4 is 10.0 Å². The van der Waals surface area contributed by atoms with Crippen molar-refractivity contribution in [3.8, 4) is 5.75 Å². The van der Waals surface area contributed by atoms with E-state index in [1.54, 1.807) is 0 Å². The van der Waals surface area contributed by atoms with E-state index in [4.69, 9.17) is 5.14 Å². The number of rotatable bonds is 7. The molecular formula is C18H24N2O4S. The topological polar surface area (TPSA) is 113 Å². The summed E-state index contributed by atoms with van der Waals surface area (Å²) < 4.78 is 22.9. The largest absolute Gasteiger partial charge is 0.507 e. The molecule has 0 heterocycles. The summed E-state index contributed by atoms with van der Waals surface area (Å²) in [6.45, 7) is 4.29. The smallest absolute Gasteiger partial charge is 0.241 e. The summed E-state index contributed by atoms with van der Waals surface area (Å²) in [5.41, 5.74) is 1.28. The third kappa shape index (κ3) is 5.54. The van der Waals surface area contributed by atoms with Gasteiger partial charge in [0.15, 0.2) is 0 Å². The van der Waals surface area contributed by atoms with Crippen LogP contribution in [0.5, 0.6) is 5.75 Å². The van der Waals surface area contributed by atoms with Crippen molar-refractivity contribution in [1.82, 2.24) is 5.32 Å². The molecule has 0 spiro atoms. The molecule has 0 aliphatic rings. The van der Waals surface area contributed by atoms with Gasteiger partial charge in [-0.15, -0.1) is 0 Å². The Morgan fingerprint density at radius 3 is 2.40 bits per heavy atom. The number of primary sulfonamides is 1. The van der Waals surface area contributed by atoms with Crippen LogP contribution in [0.15, 0.2) is 53.4 Å². The molecule has 0 radical (unpaired) electrons. The van der Waals surface area contributed by atoms with E-state index in [-0.39, 0.29) is 12.1 Å². The molecule has 2 aromatic carbocycles. The van der Waals surface area contributed by atoms with Gasteiger partial charge < -0.3 is 15.5 Å². The lowest BCUT2D eigenvalue weighted by atomic mass is 9.94. The van der Waals surface area contributed by atoms with E-state index in [1.165, 1.54) is 23.8 Å². The van der Waals surface area contributed by atoms with E-state index in [0.717, 1.165) is 6.42 Å². The molecule has 6 nitrogen and oxygen atoms in total. The van der Waals surface area contributed by atoms with Gasteiger partial charge in [0.1, 0.15) is 10.6 Å². The minimum Gasteiger partial charge on any atom is -0.507 e. The first-order valence-electron chi connectivity index (χ1n) is 7.91. The van der Waals surface area contributed by atoms with Gasteiger partial charge in [-0.1, -0.05) is 36.4 Å². The zero-order valence-corrected chi connectivity index (χ0v) is 15.1. The number of aliphatic hydroxyl groups is 1. The number of phenols is 1. The highest BCUT2D eigenvalue weighted by molar-refractivity contribution is 7.89. The molecule has 5 N–H and O–H groups in total. The molecule has 7 heteroatoms. The second kappa shape index (κ2) is 7.53. The van der Waals surface area contributed by atoms with E-state index in [1.807, 2.05) is 44.2 Å². The van der Waals surface area contributed by atoms with Crippen molar-refractivity contribution in [2.24, 2.45) is 5.14 Å². The molecule has 136 valence electrons. The summed E-state index contributed by atoms with van der Waals surface area (Å²) in [7, 11) is -4.06. The number of sulfonamides is 1. The number of aliphatic hydroxyl groups excluding tert-OH is 1. The first-order chi connectivity index (χ1) is 11.6. The maximum atomic E-state index is 11.5. The molecule has 0 aliphatic carbocycles. The Morgan fingerprint density at radius 1 is 1.16 bits per heavy atom. The Balaban J connectivity index is 2.06. The van der Waals surface area contributed by atoms with Crippen molar-refractivity contribution in [1.29, 1.82) is 0 Å². The van der Waals surface area contributed by atoms with Crippen LogP contribution in [0, 0.1) is 0 Å². The quantitative estimate of drug-likeness (QED) is 0.597. The average molecular weight is 364 g/mol. The van der Waals surface area contributed by atoms with Crippen LogP contribution in [0.4, 0.5) is 0 Å². The van der Waals surface area contributed by atoms with Gasteiger partial charge in [0.05, 0.1) is 6.10 Å². The fourth-order valence-electron chi connectivity index (χ4n) is 2.63. The summed E-state index contributed by atoms with van der Waals surface area (Å²) in [5, 5.41) is 28.3. The van der Waals surface area contributed by atoms with E-state index in [9.17, 15) is 18.6 Å². The predicted octanol–water partition coefficient (Wildman–Crippen LogP) is 1.68. The summed E-state index contributed by atoms with van der Waals surface area (Å²) in [4.78, 5) is -0.396. The number of β-amino-alcohol motifs (C(OH)–C–C–N with tert-alkyl or cyclic N) is 1. The fourth-order valence-corrected chi connectivity index (χ4v) is 3.29. The third-order valence-corrected chi connectivity index (χ3v) is 4.88. The lowest BCUT2D eigenvalue weighted by Crippen LogP contribution is -2.43. The Kier molecular flexibility index (Phi) is 5.84. The number of hydrogen-bond acceptors (Lipinski definition) is 5. The van der Waals surface area contributed by atoms with Gasteiger partial charge in [-0.25, -0.2) is 13.6 Å². The highest BCUT2D eigenvalue weighted by Gasteiger charge is 2.21. The fraction of sp³-hybridized carbons (Fsp3) is 0.333. The second-order valence-corrected chi connectivity index (χ2v) is 8.24. The summed E-state index contributed by atoms with van der Waals surface area (Å²) >= 11 is 0. The zero-order chi connectivity index (χ0) is 18.7. The number of nitrogens with two attached hydrogens (primary N) is 1. The van der Waals surface area contributed by atoms with Gasteiger partial charge in [-0.2, -0.15) is 0 Å². The van der Waals surface area contributed by atoms with Gasteiger partial charge in [-0.05, 0) is 43.5 Å². The minimum absolute atomic E-state index is 0.231. The Bertz CT molecular complexity index is 820. The molecule has 1 unspecified atom stereocenters. The molecule has 2 aromatic rings. The van der Waals surface area contributed by atoms with Crippen molar-refractivity contribution < 1.29 is 18.6 Å². The summed E-state index contributed by atoms with van der Waals surface area (Å²) in [5.74, 6) is -0.434. The van der Waals surface area contributed by atoms with Crippen LogP contribution in [0.25, 0.3) is 0 Å². The Morgan fingerprint density at radius 2 is 1.80 bits per heavy atom. The molecular weight excluding hydrogens is 340 g/mol. The highest BCUT2D eigenvalue weighted by Crippen LogP contribution is 2.25. The number of hydrogen-bond donors (Lipinski definition) is 4. The van der Waals surface area contributed by atoms with Gasteiger partial charge >= 0.3 is 0 Å². The number of benzene rings is 2. The number of phenolic OH excluding ortho intramolecular Hbond substituents is 1. The summed E-state index contributed by atoms with van der Waals surface area (Å²) in [6.07, 6.45) is -0.158. The van der Waals surface area contributed by atoms with Gasteiger partial charge in [0, 0.05) is 12.1 Å². The molecule has 0 saturated carbocycles. The molecule has 0 saturated heterocycles. The first kappa shape index (κ1) is 19.4. The van der Waals surface area contributed by atoms with E-state index in [0.29, 0.717) is 5.56 Å². The zero-order valence-electron chi connectivity index (χ0n) is 14.3. The average Bonchev–Trinajstić information content (AvgIpc) is 2.52. The molecule has 0 amide bonds. The number of nitrogens with one attached hydrogen (secondary N) is 1. The van der Waals surface area contributed by atoms with Crippen molar-refractivity contribution in [3.05, 3.63) is 59.7 Å². The van der Waals surface area contributed by atoms with Crippen molar-refractivity contribution in [3.63, 3.8) is 0 Å². The molecule has 0 bridgehead atoms. The molecule has 1 atom stereocenters. The third-order valence-electron chi connectivity index (χ3n) is 3.94. The van der Waals surface area contributed by atoms with Gasteiger partial charge in [0.2, 0.25) is 10.0 Å². The van der Waals surface area contributed by atoms with Crippen LogP contribution >= 0.6 is 0 Å². The van der Waals surface area contributed by atoms with Gasteiger partial charge in [-0.3, -0.25) is 0 Å². The lowest BCUT2D eigenvalue weighted by molar-refractivity contribution is 0.160. The minimum atomic E-state index is -4.06. The van der Waals surface area contributed by atoms with E-state index in [2.05, 4.69) is 5.32 Å². The van der Waals surface area contributed by atoms with Crippen LogP contribution in [-0.2, 0) is 16.4 Å². The molecule has 0 fully saturated rings. The normalized spacial score (nSPS) is 13.6. The maximum Gasteiger partial charge on any atom is 0.241 e. The predicted molar refractivity (Wildman–Crippen MR) is 96.7 cm³/mol. The standard InChI is InChI=1S/C18H24N2O4S/c1-18(2,11-13-6-4-3-5-7-13)20-12-16(22)14-8-9-15(21)17(10-14)25(19,23)24/h3-10,16,20-22H,11-12H2,1-2H3,(H2,19,23,24). The second-order valence-electron chi connectivity index (χ2n) is 6.72. The Hall–Kier alpha value is -1.93. The lowest BCUT2D eigenvalue weighted by Gasteiger charge is -2.28. The molecule has 2 rings (SSSR count). The van der Waals surface area contributed by atoms with Crippen LogP contribution in [0.3, 0.4) is 0 Å². The molecule has 0 aliphatic heterocycles.